The smallest absolute Gasteiger partial charge is 0.224 e. The van der Waals surface area contributed by atoms with E-state index in [2.05, 4.69) is 27.5 Å². The van der Waals surface area contributed by atoms with E-state index in [1.165, 1.54) is 0 Å². The van der Waals surface area contributed by atoms with E-state index in [9.17, 15) is 8.42 Å². The zero-order chi connectivity index (χ0) is 14.3. The molecule has 0 radical (unpaired) electrons. The predicted molar refractivity (Wildman–Crippen MR) is 78.4 cm³/mol. The summed E-state index contributed by atoms with van der Waals surface area (Å²) in [5.41, 5.74) is 0.842. The molecule has 6 nitrogen and oxygen atoms in total. The Morgan fingerprint density at radius 1 is 1.16 bits per heavy atom. The van der Waals surface area contributed by atoms with Crippen LogP contribution in [-0.2, 0) is 9.84 Å². The Hall–Kier alpha value is -1.37. The first kappa shape index (κ1) is 15.7. The largest absolute Gasteiger partial charge is 0.369 e. The van der Waals surface area contributed by atoms with Gasteiger partial charge in [0.1, 0.15) is 5.82 Å². The third kappa shape index (κ3) is 5.87. The van der Waals surface area contributed by atoms with Crippen molar-refractivity contribution >= 4 is 21.6 Å². The number of sulfone groups is 1. The van der Waals surface area contributed by atoms with Crippen LogP contribution in [0, 0.1) is 6.92 Å². The van der Waals surface area contributed by atoms with Gasteiger partial charge in [-0.05, 0) is 13.3 Å². The van der Waals surface area contributed by atoms with Gasteiger partial charge in [-0.1, -0.05) is 13.8 Å². The molecule has 0 aliphatic heterocycles. The maximum Gasteiger partial charge on any atom is 0.224 e. The topological polar surface area (TPSA) is 84.0 Å². The van der Waals surface area contributed by atoms with Crippen molar-refractivity contribution in [1.29, 1.82) is 0 Å². The number of nitrogens with one attached hydrogen (secondary N) is 2. The average molecular weight is 286 g/mol. The Kier molecular flexibility index (Phi) is 6.01. The number of rotatable bonds is 8. The molecule has 108 valence electrons. The van der Waals surface area contributed by atoms with Gasteiger partial charge >= 0.3 is 0 Å². The normalized spacial score (nSPS) is 11.3. The fourth-order valence-electron chi connectivity index (χ4n) is 1.45. The third-order valence-corrected chi connectivity index (χ3v) is 4.25. The van der Waals surface area contributed by atoms with Crippen molar-refractivity contribution in [1.82, 2.24) is 9.97 Å². The molecule has 1 heterocycles. The van der Waals surface area contributed by atoms with Crippen LogP contribution in [0.2, 0.25) is 0 Å². The number of aryl methyl sites for hydroxylation is 1. The molecule has 0 aliphatic rings. The summed E-state index contributed by atoms with van der Waals surface area (Å²) < 4.78 is 22.8. The van der Waals surface area contributed by atoms with Gasteiger partial charge in [0.05, 0.1) is 5.75 Å². The van der Waals surface area contributed by atoms with Crippen molar-refractivity contribution in [2.45, 2.75) is 27.2 Å². The van der Waals surface area contributed by atoms with Crippen molar-refractivity contribution in [2.24, 2.45) is 0 Å². The highest BCUT2D eigenvalue weighted by molar-refractivity contribution is 7.91. The molecule has 0 fully saturated rings. The van der Waals surface area contributed by atoms with Crippen molar-refractivity contribution < 1.29 is 8.42 Å². The fourth-order valence-corrected chi connectivity index (χ4v) is 2.16. The molecule has 2 N–H and O–H groups in total. The van der Waals surface area contributed by atoms with Gasteiger partial charge in [0, 0.05) is 30.6 Å². The maximum absolute atomic E-state index is 11.4. The number of hydrogen-bond donors (Lipinski definition) is 2. The SMILES string of the molecule is CCCNc1nc(C)cc(NCCS(=O)(=O)CC)n1. The van der Waals surface area contributed by atoms with E-state index in [0.717, 1.165) is 18.7 Å². The second kappa shape index (κ2) is 7.28. The lowest BCUT2D eigenvalue weighted by Gasteiger charge is -2.09. The highest BCUT2D eigenvalue weighted by Crippen LogP contribution is 2.09. The minimum Gasteiger partial charge on any atom is -0.369 e. The molecule has 0 spiro atoms. The molecule has 0 saturated heterocycles. The van der Waals surface area contributed by atoms with Gasteiger partial charge in [0.15, 0.2) is 9.84 Å². The van der Waals surface area contributed by atoms with Gasteiger partial charge in [0.25, 0.3) is 0 Å². The van der Waals surface area contributed by atoms with Gasteiger partial charge in [-0.2, -0.15) is 4.98 Å². The summed E-state index contributed by atoms with van der Waals surface area (Å²) in [5.74, 6) is 1.51. The van der Waals surface area contributed by atoms with E-state index in [1.807, 2.05) is 6.92 Å². The Morgan fingerprint density at radius 3 is 2.53 bits per heavy atom. The average Bonchev–Trinajstić information content (AvgIpc) is 2.35. The molecular formula is C12H22N4O2S. The molecule has 7 heteroatoms. The number of aromatic nitrogens is 2. The van der Waals surface area contributed by atoms with Crippen molar-refractivity contribution in [2.75, 3.05) is 35.2 Å². The molecule has 0 saturated carbocycles. The van der Waals surface area contributed by atoms with Crippen molar-refractivity contribution in [3.05, 3.63) is 11.8 Å². The number of anilines is 2. The summed E-state index contributed by atoms with van der Waals surface area (Å²) in [6.45, 7) is 6.77. The summed E-state index contributed by atoms with van der Waals surface area (Å²) in [7, 11) is -2.95. The molecule has 1 rings (SSSR count). The van der Waals surface area contributed by atoms with E-state index in [4.69, 9.17) is 0 Å². The third-order valence-electron chi connectivity index (χ3n) is 2.55. The highest BCUT2D eigenvalue weighted by Gasteiger charge is 2.07. The fraction of sp³-hybridized carbons (Fsp3) is 0.667. The quantitative estimate of drug-likeness (QED) is 0.752. The Labute approximate surface area is 115 Å². The standard InChI is InChI=1S/C12H22N4O2S/c1-4-6-14-12-15-10(3)9-11(16-12)13-7-8-19(17,18)5-2/h9H,4-8H2,1-3H3,(H2,13,14,15,16). The Morgan fingerprint density at radius 2 is 1.89 bits per heavy atom. The lowest BCUT2D eigenvalue weighted by molar-refractivity contribution is 0.597. The van der Waals surface area contributed by atoms with E-state index in [0.29, 0.717) is 18.3 Å². The van der Waals surface area contributed by atoms with Gasteiger partial charge in [-0.25, -0.2) is 13.4 Å². The van der Waals surface area contributed by atoms with Crippen LogP contribution in [0.5, 0.6) is 0 Å². The second-order valence-electron chi connectivity index (χ2n) is 4.31. The molecule has 0 unspecified atom stereocenters. The molecule has 1 aromatic heterocycles. The molecule has 0 atom stereocenters. The van der Waals surface area contributed by atoms with Crippen LogP contribution >= 0.6 is 0 Å². The van der Waals surface area contributed by atoms with Crippen LogP contribution in [0.4, 0.5) is 11.8 Å². The predicted octanol–water partition coefficient (Wildman–Crippen LogP) is 1.45. The second-order valence-corrected chi connectivity index (χ2v) is 6.78. The van der Waals surface area contributed by atoms with E-state index < -0.39 is 9.84 Å². The zero-order valence-electron chi connectivity index (χ0n) is 11.7. The van der Waals surface area contributed by atoms with Gasteiger partial charge in [-0.3, -0.25) is 0 Å². The van der Waals surface area contributed by atoms with Gasteiger partial charge in [0.2, 0.25) is 5.95 Å². The van der Waals surface area contributed by atoms with Crippen LogP contribution in [0.15, 0.2) is 6.07 Å². The van der Waals surface area contributed by atoms with E-state index >= 15 is 0 Å². The first-order valence-electron chi connectivity index (χ1n) is 6.50. The molecule has 1 aromatic rings. The Bertz CT molecular complexity index is 502. The van der Waals surface area contributed by atoms with Crippen molar-refractivity contribution in [3.8, 4) is 0 Å². The Balaban J connectivity index is 2.60. The first-order valence-corrected chi connectivity index (χ1v) is 8.33. The molecular weight excluding hydrogens is 264 g/mol. The summed E-state index contributed by atoms with van der Waals surface area (Å²) in [5, 5.41) is 6.14. The van der Waals surface area contributed by atoms with Crippen LogP contribution in [0.3, 0.4) is 0 Å². The van der Waals surface area contributed by atoms with Gasteiger partial charge in [-0.15, -0.1) is 0 Å². The summed E-state index contributed by atoms with van der Waals surface area (Å²) in [6.07, 6.45) is 0.995. The minimum absolute atomic E-state index is 0.115. The van der Waals surface area contributed by atoms with E-state index in [1.54, 1.807) is 13.0 Å². The summed E-state index contributed by atoms with van der Waals surface area (Å²) in [6, 6.07) is 1.80. The van der Waals surface area contributed by atoms with Crippen LogP contribution in [0.25, 0.3) is 0 Å². The summed E-state index contributed by atoms with van der Waals surface area (Å²) >= 11 is 0. The lowest BCUT2D eigenvalue weighted by atomic mass is 10.4. The maximum atomic E-state index is 11.4. The molecule has 0 aliphatic carbocycles. The minimum atomic E-state index is -2.95. The lowest BCUT2D eigenvalue weighted by Crippen LogP contribution is -2.18. The molecule has 19 heavy (non-hydrogen) atoms. The van der Waals surface area contributed by atoms with Gasteiger partial charge < -0.3 is 10.6 Å². The highest BCUT2D eigenvalue weighted by atomic mass is 32.2. The number of nitrogens with zero attached hydrogens (tertiary/aromatic N) is 2. The monoisotopic (exact) mass is 286 g/mol. The zero-order valence-corrected chi connectivity index (χ0v) is 12.5. The van der Waals surface area contributed by atoms with Crippen LogP contribution < -0.4 is 10.6 Å². The van der Waals surface area contributed by atoms with Crippen LogP contribution in [0.1, 0.15) is 26.0 Å². The van der Waals surface area contributed by atoms with E-state index in [-0.39, 0.29) is 11.5 Å². The molecule has 0 aromatic carbocycles. The van der Waals surface area contributed by atoms with Crippen molar-refractivity contribution in [3.63, 3.8) is 0 Å². The summed E-state index contributed by atoms with van der Waals surface area (Å²) in [4.78, 5) is 8.55. The van der Waals surface area contributed by atoms with Crippen LogP contribution in [-0.4, -0.2) is 43.0 Å². The number of hydrogen-bond acceptors (Lipinski definition) is 6. The molecule has 0 bridgehead atoms. The molecule has 0 amide bonds. The first-order chi connectivity index (χ1) is 8.96.